The molecule has 2 heterocycles. The predicted molar refractivity (Wildman–Crippen MR) is 122 cm³/mol. The Balaban J connectivity index is 1.96. The molecule has 2 aromatic carbocycles. The minimum Gasteiger partial charge on any atom is -0.493 e. The van der Waals surface area contributed by atoms with Crippen LogP contribution in [0.4, 0.5) is 5.82 Å². The number of carbonyl (C=O) groups is 1. The SMILES string of the molecule is COc1ccc([C@@H]2S[C@H](C)C(=O)Nc3c2c(C)nn3-c2ccccc2)c(OC)c1OC. The monoisotopic (exact) mass is 439 g/mol. The molecule has 0 spiro atoms. The van der Waals surface area contributed by atoms with E-state index in [9.17, 15) is 4.79 Å². The van der Waals surface area contributed by atoms with Crippen molar-refractivity contribution >= 4 is 23.5 Å². The van der Waals surface area contributed by atoms with Gasteiger partial charge in [0.1, 0.15) is 5.82 Å². The van der Waals surface area contributed by atoms with E-state index in [2.05, 4.69) is 5.32 Å². The summed E-state index contributed by atoms with van der Waals surface area (Å²) < 4.78 is 18.6. The number of anilines is 1. The standard InChI is InChI=1S/C23H25N3O4S/c1-13-18-21(16-11-12-17(28-3)20(30-5)19(16)29-4)31-14(2)23(27)24-22(18)26(25-13)15-9-7-6-8-10-15/h6-12,14,21H,1-5H3,(H,24,27)/t14-,21+/m1/s1. The summed E-state index contributed by atoms with van der Waals surface area (Å²) in [6.07, 6.45) is 0. The van der Waals surface area contributed by atoms with Gasteiger partial charge in [0.15, 0.2) is 11.5 Å². The highest BCUT2D eigenvalue weighted by molar-refractivity contribution is 8.01. The average molecular weight is 440 g/mol. The van der Waals surface area contributed by atoms with E-state index in [1.165, 1.54) is 0 Å². The van der Waals surface area contributed by atoms with Crippen molar-refractivity contribution in [2.75, 3.05) is 26.6 Å². The molecular weight excluding hydrogens is 414 g/mol. The number of nitrogens with one attached hydrogen (secondary N) is 1. The Morgan fingerprint density at radius 2 is 1.71 bits per heavy atom. The van der Waals surface area contributed by atoms with Crippen LogP contribution in [0.3, 0.4) is 0 Å². The molecular formula is C23H25N3O4S. The molecule has 7 nitrogen and oxygen atoms in total. The van der Waals surface area contributed by atoms with Crippen LogP contribution >= 0.6 is 11.8 Å². The molecule has 0 saturated carbocycles. The fourth-order valence-electron chi connectivity index (χ4n) is 3.84. The summed E-state index contributed by atoms with van der Waals surface area (Å²) in [7, 11) is 4.78. The van der Waals surface area contributed by atoms with Gasteiger partial charge in [0.05, 0.1) is 43.2 Å². The molecule has 0 unspecified atom stereocenters. The maximum atomic E-state index is 12.9. The number of fused-ring (bicyclic) bond motifs is 1. The van der Waals surface area contributed by atoms with Crippen molar-refractivity contribution in [1.82, 2.24) is 9.78 Å². The van der Waals surface area contributed by atoms with Gasteiger partial charge in [-0.3, -0.25) is 4.79 Å². The normalized spacial score (nSPS) is 18.0. The summed E-state index contributed by atoms with van der Waals surface area (Å²) in [5, 5.41) is 7.38. The number of rotatable bonds is 5. The number of nitrogens with zero attached hydrogens (tertiary/aromatic N) is 2. The highest BCUT2D eigenvalue weighted by atomic mass is 32.2. The Bertz CT molecular complexity index is 1110. The molecule has 1 aromatic heterocycles. The maximum absolute atomic E-state index is 12.9. The Hall–Kier alpha value is -3.13. The number of aryl methyl sites for hydroxylation is 1. The van der Waals surface area contributed by atoms with Crippen LogP contribution in [0, 0.1) is 6.92 Å². The smallest absolute Gasteiger partial charge is 0.238 e. The first-order valence-corrected chi connectivity index (χ1v) is 10.8. The Labute approximate surface area is 185 Å². The van der Waals surface area contributed by atoms with Crippen LogP contribution in [-0.4, -0.2) is 42.3 Å². The predicted octanol–water partition coefficient (Wildman–Crippen LogP) is 4.37. The second-order valence-corrected chi connectivity index (χ2v) is 8.62. The van der Waals surface area contributed by atoms with Gasteiger partial charge in [-0.1, -0.05) is 18.2 Å². The van der Waals surface area contributed by atoms with Crippen molar-refractivity contribution in [2.45, 2.75) is 24.3 Å². The lowest BCUT2D eigenvalue weighted by Gasteiger charge is -2.22. The number of thioether (sulfide) groups is 1. The van der Waals surface area contributed by atoms with E-state index >= 15 is 0 Å². The van der Waals surface area contributed by atoms with E-state index in [4.69, 9.17) is 19.3 Å². The fraction of sp³-hybridized carbons (Fsp3) is 0.304. The summed E-state index contributed by atoms with van der Waals surface area (Å²) in [5.74, 6) is 2.30. The Kier molecular flexibility index (Phi) is 5.82. The first-order valence-electron chi connectivity index (χ1n) is 9.90. The number of methoxy groups -OCH3 is 3. The number of aromatic nitrogens is 2. The van der Waals surface area contributed by atoms with Gasteiger partial charge in [-0.25, -0.2) is 4.68 Å². The summed E-state index contributed by atoms with van der Waals surface area (Å²) in [4.78, 5) is 12.9. The third-order valence-corrected chi connectivity index (χ3v) is 6.72. The van der Waals surface area contributed by atoms with Crippen LogP contribution in [-0.2, 0) is 4.79 Å². The molecule has 0 radical (unpaired) electrons. The van der Waals surface area contributed by atoms with Crippen molar-refractivity contribution in [3.8, 4) is 22.9 Å². The van der Waals surface area contributed by atoms with Crippen LogP contribution in [0.5, 0.6) is 17.2 Å². The molecule has 0 fully saturated rings. The number of amides is 1. The molecule has 2 atom stereocenters. The van der Waals surface area contributed by atoms with Gasteiger partial charge < -0.3 is 19.5 Å². The van der Waals surface area contributed by atoms with E-state index < -0.39 is 0 Å². The Morgan fingerprint density at radius 1 is 1.00 bits per heavy atom. The van der Waals surface area contributed by atoms with Crippen LogP contribution in [0.15, 0.2) is 42.5 Å². The molecule has 3 aromatic rings. The van der Waals surface area contributed by atoms with Crippen LogP contribution in [0.2, 0.25) is 0 Å². The van der Waals surface area contributed by atoms with Gasteiger partial charge >= 0.3 is 0 Å². The lowest BCUT2D eigenvalue weighted by molar-refractivity contribution is -0.115. The minimum absolute atomic E-state index is 0.0646. The highest BCUT2D eigenvalue weighted by Crippen LogP contribution is 2.52. The van der Waals surface area contributed by atoms with Crippen molar-refractivity contribution in [1.29, 1.82) is 0 Å². The first-order chi connectivity index (χ1) is 15.0. The summed E-state index contributed by atoms with van der Waals surface area (Å²) >= 11 is 1.55. The van der Waals surface area contributed by atoms with E-state index in [-0.39, 0.29) is 16.4 Å². The molecule has 0 saturated heterocycles. The summed E-state index contributed by atoms with van der Waals surface area (Å²) in [5.41, 5.74) is 3.55. The van der Waals surface area contributed by atoms with E-state index in [0.29, 0.717) is 23.1 Å². The third kappa shape index (κ3) is 3.61. The van der Waals surface area contributed by atoms with Gasteiger partial charge in [0.2, 0.25) is 11.7 Å². The van der Waals surface area contributed by atoms with Crippen LogP contribution in [0.25, 0.3) is 5.69 Å². The van der Waals surface area contributed by atoms with Gasteiger partial charge in [0.25, 0.3) is 0 Å². The third-order valence-electron chi connectivity index (χ3n) is 5.34. The molecule has 1 amide bonds. The van der Waals surface area contributed by atoms with Crippen LogP contribution < -0.4 is 19.5 Å². The van der Waals surface area contributed by atoms with Crippen molar-refractivity contribution in [3.05, 3.63) is 59.3 Å². The minimum atomic E-state index is -0.279. The number of hydrogen-bond acceptors (Lipinski definition) is 6. The molecule has 1 aliphatic heterocycles. The van der Waals surface area contributed by atoms with E-state index in [1.54, 1.807) is 37.8 Å². The number of ether oxygens (including phenoxy) is 3. The zero-order valence-electron chi connectivity index (χ0n) is 18.1. The molecule has 1 aliphatic rings. The summed E-state index contributed by atoms with van der Waals surface area (Å²) in [6.45, 7) is 3.86. The van der Waals surface area contributed by atoms with Crippen LogP contribution in [0.1, 0.15) is 29.0 Å². The van der Waals surface area contributed by atoms with E-state index in [1.807, 2.05) is 56.3 Å². The largest absolute Gasteiger partial charge is 0.493 e. The fourth-order valence-corrected chi connectivity index (χ4v) is 5.18. The van der Waals surface area contributed by atoms with Crippen molar-refractivity contribution < 1.29 is 19.0 Å². The van der Waals surface area contributed by atoms with Crippen molar-refractivity contribution in [2.24, 2.45) is 0 Å². The summed E-state index contributed by atoms with van der Waals surface area (Å²) in [6, 6.07) is 13.6. The Morgan fingerprint density at radius 3 is 2.35 bits per heavy atom. The number of hydrogen-bond donors (Lipinski definition) is 1. The second kappa shape index (κ2) is 8.55. The lowest BCUT2D eigenvalue weighted by atomic mass is 10.0. The second-order valence-electron chi connectivity index (χ2n) is 7.17. The zero-order chi connectivity index (χ0) is 22.1. The molecule has 8 heteroatoms. The molecule has 1 N–H and O–H groups in total. The molecule has 0 aliphatic carbocycles. The quantitative estimate of drug-likeness (QED) is 0.636. The molecule has 31 heavy (non-hydrogen) atoms. The first kappa shape index (κ1) is 21.1. The number of para-hydroxylation sites is 1. The van der Waals surface area contributed by atoms with Gasteiger partial charge in [-0.2, -0.15) is 5.10 Å². The lowest BCUT2D eigenvalue weighted by Crippen LogP contribution is -2.22. The van der Waals surface area contributed by atoms with E-state index in [0.717, 1.165) is 22.5 Å². The molecule has 0 bridgehead atoms. The van der Waals surface area contributed by atoms with Gasteiger partial charge in [-0.05, 0) is 38.1 Å². The van der Waals surface area contributed by atoms with Gasteiger partial charge in [0, 0.05) is 11.1 Å². The number of carbonyl (C=O) groups excluding carboxylic acids is 1. The highest BCUT2D eigenvalue weighted by Gasteiger charge is 2.36. The topological polar surface area (TPSA) is 74.6 Å². The maximum Gasteiger partial charge on any atom is 0.238 e. The van der Waals surface area contributed by atoms with Gasteiger partial charge in [-0.15, -0.1) is 11.8 Å². The molecule has 162 valence electrons. The average Bonchev–Trinajstić information content (AvgIpc) is 3.04. The number of benzene rings is 2. The zero-order valence-corrected chi connectivity index (χ0v) is 18.9. The molecule has 4 rings (SSSR count). The van der Waals surface area contributed by atoms with Crippen molar-refractivity contribution in [3.63, 3.8) is 0 Å².